The van der Waals surface area contributed by atoms with Gasteiger partial charge >= 0.3 is 0 Å². The fourth-order valence-corrected chi connectivity index (χ4v) is 0.836. The first kappa shape index (κ1) is 8.78. The average Bonchev–Trinajstić information content (AvgIpc) is 1.63. The van der Waals surface area contributed by atoms with Crippen LogP contribution in [0.5, 0.6) is 0 Å². The van der Waals surface area contributed by atoms with Crippen LogP contribution >= 0.6 is 0 Å². The topological polar surface area (TPSA) is 54.4 Å². The normalized spacial score (nSPS) is 13.1. The molecular weight excluding hydrogens is 140 g/mol. The summed E-state index contributed by atoms with van der Waals surface area (Å²) in [5, 5.41) is 0. The van der Waals surface area contributed by atoms with Crippen LogP contribution in [-0.2, 0) is 15.9 Å². The lowest BCUT2D eigenvalue weighted by molar-refractivity contribution is -0.117. The molecule has 54 valence electrons. The Hall–Kier alpha value is -0.220. The third-order valence-corrected chi connectivity index (χ3v) is 1.49. The fraction of sp³-hybridized carbons (Fsp3) is 0.800. The van der Waals surface area contributed by atoms with Gasteiger partial charge in [-0.15, -0.1) is 0 Å². The molecule has 0 aromatic rings. The minimum atomic E-state index is -1.73. The van der Waals surface area contributed by atoms with E-state index in [4.69, 9.17) is 4.55 Å². The summed E-state index contributed by atoms with van der Waals surface area (Å²) >= 11 is -1.73. The number of Topliss-reactive ketones (excluding diaryl/α,β-unsaturated/α-hetero) is 1. The zero-order chi connectivity index (χ0) is 7.28. The van der Waals surface area contributed by atoms with Gasteiger partial charge in [0.05, 0.1) is 0 Å². The zero-order valence-corrected chi connectivity index (χ0v) is 6.11. The molecule has 0 fully saturated rings. The Morgan fingerprint density at radius 2 is 2.22 bits per heavy atom. The average molecular weight is 150 g/mol. The van der Waals surface area contributed by atoms with Gasteiger partial charge < -0.3 is 9.35 Å². The molecule has 0 heterocycles. The van der Waals surface area contributed by atoms with Crippen LogP contribution in [0.2, 0.25) is 0 Å². The summed E-state index contributed by atoms with van der Waals surface area (Å²) in [5.41, 5.74) is 0. The van der Waals surface area contributed by atoms with E-state index in [0.717, 1.165) is 0 Å². The number of carbonyl (C=O) groups is 1. The first-order valence-corrected chi connectivity index (χ1v) is 3.97. The summed E-state index contributed by atoms with van der Waals surface area (Å²) < 4.78 is 18.2. The molecule has 0 radical (unpaired) electrons. The molecule has 1 unspecified atom stereocenters. The summed E-state index contributed by atoms with van der Waals surface area (Å²) in [4.78, 5) is 10.2. The van der Waals surface area contributed by atoms with Gasteiger partial charge in [-0.25, -0.2) is 4.21 Å². The molecule has 0 spiro atoms. The van der Waals surface area contributed by atoms with Gasteiger partial charge in [-0.1, -0.05) is 0 Å². The number of rotatable bonds is 4. The Balaban J connectivity index is 3.10. The first-order chi connectivity index (χ1) is 4.13. The molecule has 4 heteroatoms. The highest BCUT2D eigenvalue weighted by atomic mass is 32.2. The van der Waals surface area contributed by atoms with Crippen molar-refractivity contribution in [2.75, 3.05) is 5.75 Å². The monoisotopic (exact) mass is 150 g/mol. The Bertz CT molecular complexity index is 107. The van der Waals surface area contributed by atoms with Gasteiger partial charge in [-0.05, 0) is 13.3 Å². The summed E-state index contributed by atoms with van der Waals surface area (Å²) in [5.74, 6) is 0.278. The molecule has 0 aliphatic rings. The van der Waals surface area contributed by atoms with Crippen LogP contribution in [0, 0.1) is 0 Å². The quantitative estimate of drug-likeness (QED) is 0.596. The molecule has 0 bridgehead atoms. The molecule has 3 nitrogen and oxygen atoms in total. The SMILES string of the molecule is CC(=O)CCCS(=O)O. The van der Waals surface area contributed by atoms with E-state index in [2.05, 4.69) is 0 Å². The van der Waals surface area contributed by atoms with Crippen LogP contribution in [0.15, 0.2) is 0 Å². The minimum absolute atomic E-state index is 0.0699. The van der Waals surface area contributed by atoms with E-state index in [1.54, 1.807) is 0 Å². The Labute approximate surface area is 56.7 Å². The van der Waals surface area contributed by atoms with Crippen molar-refractivity contribution in [3.63, 3.8) is 0 Å². The molecule has 0 aromatic heterocycles. The van der Waals surface area contributed by atoms with Gasteiger partial charge in [0, 0.05) is 12.2 Å². The maximum atomic E-state index is 10.2. The molecule has 9 heavy (non-hydrogen) atoms. The molecule has 0 rings (SSSR count). The molecule has 1 N–H and O–H groups in total. The second-order valence-electron chi connectivity index (χ2n) is 1.83. The van der Waals surface area contributed by atoms with Crippen molar-refractivity contribution in [3.05, 3.63) is 0 Å². The highest BCUT2D eigenvalue weighted by Crippen LogP contribution is 1.90. The van der Waals surface area contributed by atoms with Gasteiger partial charge in [0.2, 0.25) is 0 Å². The second kappa shape index (κ2) is 4.64. The van der Waals surface area contributed by atoms with E-state index in [0.29, 0.717) is 12.8 Å². The highest BCUT2D eigenvalue weighted by Gasteiger charge is 1.95. The maximum Gasteiger partial charge on any atom is 0.152 e. The van der Waals surface area contributed by atoms with Gasteiger partial charge in [0.25, 0.3) is 0 Å². The van der Waals surface area contributed by atoms with Crippen molar-refractivity contribution in [1.29, 1.82) is 0 Å². The molecule has 0 aliphatic carbocycles. The van der Waals surface area contributed by atoms with Gasteiger partial charge in [-0.3, -0.25) is 0 Å². The molecule has 0 aromatic carbocycles. The van der Waals surface area contributed by atoms with E-state index >= 15 is 0 Å². The molecule has 0 saturated carbocycles. The van der Waals surface area contributed by atoms with Crippen LogP contribution in [0.1, 0.15) is 19.8 Å². The van der Waals surface area contributed by atoms with Crippen molar-refractivity contribution in [2.45, 2.75) is 19.8 Å². The predicted molar refractivity (Wildman–Crippen MR) is 35.6 cm³/mol. The van der Waals surface area contributed by atoms with Crippen LogP contribution in [-0.4, -0.2) is 20.3 Å². The summed E-state index contributed by atoms with van der Waals surface area (Å²) in [6.07, 6.45) is 0.921. The molecule has 1 atom stereocenters. The molecule has 0 saturated heterocycles. The van der Waals surface area contributed by atoms with Crippen LogP contribution in [0.4, 0.5) is 0 Å². The van der Waals surface area contributed by atoms with Crippen LogP contribution in [0.3, 0.4) is 0 Å². The fourth-order valence-electron chi connectivity index (χ4n) is 0.445. The third-order valence-electron chi connectivity index (χ3n) is 0.848. The summed E-state index contributed by atoms with van der Waals surface area (Å²) in [6.45, 7) is 1.47. The lowest BCUT2D eigenvalue weighted by Crippen LogP contribution is -1.97. The summed E-state index contributed by atoms with van der Waals surface area (Å²) in [6, 6.07) is 0. The Kier molecular flexibility index (Phi) is 4.53. The van der Waals surface area contributed by atoms with Gasteiger partial charge in [0.1, 0.15) is 5.78 Å². The van der Waals surface area contributed by atoms with E-state index < -0.39 is 11.1 Å². The maximum absolute atomic E-state index is 10.2. The van der Waals surface area contributed by atoms with E-state index in [1.165, 1.54) is 6.92 Å². The molecule has 0 aliphatic heterocycles. The Morgan fingerprint density at radius 1 is 1.67 bits per heavy atom. The van der Waals surface area contributed by atoms with E-state index in [9.17, 15) is 9.00 Å². The molecule has 0 amide bonds. The predicted octanol–water partition coefficient (Wildman–Crippen LogP) is 0.577. The summed E-state index contributed by atoms with van der Waals surface area (Å²) in [7, 11) is 0. The smallest absolute Gasteiger partial charge is 0.152 e. The number of carbonyl (C=O) groups excluding carboxylic acids is 1. The minimum Gasteiger partial charge on any atom is -0.306 e. The van der Waals surface area contributed by atoms with Crippen molar-refractivity contribution < 1.29 is 13.6 Å². The second-order valence-corrected chi connectivity index (χ2v) is 2.88. The van der Waals surface area contributed by atoms with Gasteiger partial charge in [0.15, 0.2) is 11.1 Å². The Morgan fingerprint density at radius 3 is 2.56 bits per heavy atom. The van der Waals surface area contributed by atoms with Crippen molar-refractivity contribution in [2.24, 2.45) is 0 Å². The van der Waals surface area contributed by atoms with Gasteiger partial charge in [-0.2, -0.15) is 0 Å². The van der Waals surface area contributed by atoms with Crippen molar-refractivity contribution in [1.82, 2.24) is 0 Å². The van der Waals surface area contributed by atoms with E-state index in [1.807, 2.05) is 0 Å². The van der Waals surface area contributed by atoms with Crippen LogP contribution in [0.25, 0.3) is 0 Å². The largest absolute Gasteiger partial charge is 0.306 e. The van der Waals surface area contributed by atoms with Crippen molar-refractivity contribution >= 4 is 16.9 Å². The highest BCUT2D eigenvalue weighted by molar-refractivity contribution is 7.79. The number of ketones is 1. The zero-order valence-electron chi connectivity index (χ0n) is 5.29. The first-order valence-electron chi connectivity index (χ1n) is 2.70. The number of hydrogen-bond acceptors (Lipinski definition) is 2. The van der Waals surface area contributed by atoms with E-state index in [-0.39, 0.29) is 11.5 Å². The number of hydrogen-bond donors (Lipinski definition) is 1. The lowest BCUT2D eigenvalue weighted by Gasteiger charge is -1.90. The lowest BCUT2D eigenvalue weighted by atomic mass is 10.3. The van der Waals surface area contributed by atoms with Crippen molar-refractivity contribution in [3.8, 4) is 0 Å². The van der Waals surface area contributed by atoms with Crippen LogP contribution < -0.4 is 0 Å². The standard InChI is InChI=1S/C5H10O3S/c1-5(6)3-2-4-9(7)8/h2-4H2,1H3,(H,7,8). The third kappa shape index (κ3) is 7.78. The molecular formula is C5H10O3S.